The second-order valence-electron chi connectivity index (χ2n) is 6.99. The van der Waals surface area contributed by atoms with Crippen LogP contribution in [0.4, 0.5) is 0 Å². The minimum Gasteiger partial charge on any atom is -0.496 e. The molecule has 2 aromatic carbocycles. The SMILES string of the molecule is COc1ccccc1C(=O)N1CCN(CC(=O)c2ccc(C)c(C)c2)CC1. The summed E-state index contributed by atoms with van der Waals surface area (Å²) in [5.41, 5.74) is 3.66. The highest BCUT2D eigenvalue weighted by Crippen LogP contribution is 2.20. The van der Waals surface area contributed by atoms with E-state index in [1.165, 1.54) is 5.56 Å². The van der Waals surface area contributed by atoms with E-state index in [1.807, 2.05) is 49.1 Å². The van der Waals surface area contributed by atoms with Gasteiger partial charge in [0.15, 0.2) is 5.78 Å². The van der Waals surface area contributed by atoms with Crippen molar-refractivity contribution >= 4 is 11.7 Å². The molecule has 1 aliphatic rings. The zero-order valence-electron chi connectivity index (χ0n) is 16.2. The Kier molecular flexibility index (Phi) is 5.91. The van der Waals surface area contributed by atoms with Crippen molar-refractivity contribution in [2.45, 2.75) is 13.8 Å². The first-order valence-electron chi connectivity index (χ1n) is 9.24. The highest BCUT2D eigenvalue weighted by Gasteiger charge is 2.25. The largest absolute Gasteiger partial charge is 0.496 e. The molecule has 2 aromatic rings. The van der Waals surface area contributed by atoms with E-state index in [2.05, 4.69) is 4.90 Å². The van der Waals surface area contributed by atoms with Gasteiger partial charge < -0.3 is 9.64 Å². The van der Waals surface area contributed by atoms with Gasteiger partial charge in [-0.1, -0.05) is 24.3 Å². The molecule has 5 nitrogen and oxygen atoms in total. The molecule has 1 heterocycles. The quantitative estimate of drug-likeness (QED) is 0.764. The van der Waals surface area contributed by atoms with Gasteiger partial charge in [-0.25, -0.2) is 0 Å². The minimum atomic E-state index is -0.0208. The smallest absolute Gasteiger partial charge is 0.257 e. The molecule has 0 spiro atoms. The van der Waals surface area contributed by atoms with Crippen LogP contribution in [0, 0.1) is 13.8 Å². The summed E-state index contributed by atoms with van der Waals surface area (Å²) in [6.07, 6.45) is 0. The van der Waals surface area contributed by atoms with Crippen LogP contribution in [0.15, 0.2) is 42.5 Å². The van der Waals surface area contributed by atoms with Crippen LogP contribution in [-0.4, -0.2) is 61.3 Å². The van der Waals surface area contributed by atoms with Crippen LogP contribution in [0.5, 0.6) is 5.75 Å². The molecule has 5 heteroatoms. The highest BCUT2D eigenvalue weighted by atomic mass is 16.5. The minimum absolute atomic E-state index is 0.0208. The molecule has 142 valence electrons. The number of hydrogen-bond acceptors (Lipinski definition) is 4. The summed E-state index contributed by atoms with van der Waals surface area (Å²) in [6.45, 7) is 7.05. The van der Waals surface area contributed by atoms with Crippen LogP contribution in [0.25, 0.3) is 0 Å². The van der Waals surface area contributed by atoms with Crippen molar-refractivity contribution in [2.24, 2.45) is 0 Å². The van der Waals surface area contributed by atoms with Crippen LogP contribution in [0.1, 0.15) is 31.8 Å². The summed E-state index contributed by atoms with van der Waals surface area (Å²) in [6, 6.07) is 13.1. The molecule has 1 saturated heterocycles. The van der Waals surface area contributed by atoms with E-state index in [-0.39, 0.29) is 11.7 Å². The zero-order valence-corrected chi connectivity index (χ0v) is 16.2. The van der Waals surface area contributed by atoms with Crippen molar-refractivity contribution in [3.63, 3.8) is 0 Å². The van der Waals surface area contributed by atoms with Crippen molar-refractivity contribution in [1.29, 1.82) is 0 Å². The first-order chi connectivity index (χ1) is 13.0. The number of hydrogen-bond donors (Lipinski definition) is 0. The molecule has 3 rings (SSSR count). The second kappa shape index (κ2) is 8.35. The molecule has 0 unspecified atom stereocenters. The lowest BCUT2D eigenvalue weighted by atomic mass is 10.0. The molecule has 0 saturated carbocycles. The maximum atomic E-state index is 12.8. The summed E-state index contributed by atoms with van der Waals surface area (Å²) in [5, 5.41) is 0. The van der Waals surface area contributed by atoms with Crippen LogP contribution in [-0.2, 0) is 0 Å². The number of para-hydroxylation sites is 1. The Labute approximate surface area is 160 Å². The van der Waals surface area contributed by atoms with Gasteiger partial charge in [0.1, 0.15) is 5.75 Å². The average Bonchev–Trinajstić information content (AvgIpc) is 2.70. The fraction of sp³-hybridized carbons (Fsp3) is 0.364. The number of methoxy groups -OCH3 is 1. The first-order valence-corrected chi connectivity index (χ1v) is 9.24. The molecule has 1 fully saturated rings. The number of aryl methyl sites for hydroxylation is 2. The Morgan fingerprint density at radius 3 is 2.33 bits per heavy atom. The molecular formula is C22H26N2O3. The molecule has 0 aromatic heterocycles. The van der Waals surface area contributed by atoms with Gasteiger partial charge in [-0.3, -0.25) is 14.5 Å². The van der Waals surface area contributed by atoms with Crippen molar-refractivity contribution in [3.05, 3.63) is 64.7 Å². The normalized spacial score (nSPS) is 14.9. The number of amides is 1. The van der Waals surface area contributed by atoms with E-state index in [1.54, 1.807) is 19.2 Å². The lowest BCUT2D eigenvalue weighted by Gasteiger charge is -2.34. The summed E-state index contributed by atoms with van der Waals surface area (Å²) in [4.78, 5) is 29.3. The fourth-order valence-corrected chi connectivity index (χ4v) is 3.31. The third-order valence-corrected chi connectivity index (χ3v) is 5.19. The predicted octanol–water partition coefficient (Wildman–Crippen LogP) is 2.95. The van der Waals surface area contributed by atoms with Gasteiger partial charge in [-0.05, 0) is 43.2 Å². The van der Waals surface area contributed by atoms with Crippen LogP contribution < -0.4 is 4.74 Å². The van der Waals surface area contributed by atoms with Crippen LogP contribution in [0.3, 0.4) is 0 Å². The number of piperazine rings is 1. The molecule has 27 heavy (non-hydrogen) atoms. The fourth-order valence-electron chi connectivity index (χ4n) is 3.31. The second-order valence-corrected chi connectivity index (χ2v) is 6.99. The Morgan fingerprint density at radius 1 is 0.963 bits per heavy atom. The number of Topliss-reactive ketones (excluding diaryl/α,β-unsaturated/α-hetero) is 1. The van der Waals surface area contributed by atoms with E-state index in [4.69, 9.17) is 4.74 Å². The number of ether oxygens (including phenoxy) is 1. The Hall–Kier alpha value is -2.66. The number of rotatable bonds is 5. The number of carbonyl (C=O) groups is 2. The molecule has 0 radical (unpaired) electrons. The Bertz CT molecular complexity index is 839. The molecular weight excluding hydrogens is 340 g/mol. The lowest BCUT2D eigenvalue weighted by molar-refractivity contribution is 0.0621. The average molecular weight is 366 g/mol. The van der Waals surface area contributed by atoms with Gasteiger partial charge >= 0.3 is 0 Å². The van der Waals surface area contributed by atoms with Gasteiger partial charge in [-0.2, -0.15) is 0 Å². The molecule has 0 N–H and O–H groups in total. The first kappa shape index (κ1) is 19.1. The number of carbonyl (C=O) groups excluding carboxylic acids is 2. The zero-order chi connectivity index (χ0) is 19.4. The van der Waals surface area contributed by atoms with Crippen molar-refractivity contribution in [1.82, 2.24) is 9.80 Å². The van der Waals surface area contributed by atoms with Gasteiger partial charge in [0.25, 0.3) is 5.91 Å². The number of nitrogens with zero attached hydrogens (tertiary/aromatic N) is 2. The number of ketones is 1. The summed E-state index contributed by atoms with van der Waals surface area (Å²) >= 11 is 0. The molecule has 0 aliphatic carbocycles. The van der Waals surface area contributed by atoms with Gasteiger partial charge in [0, 0.05) is 31.7 Å². The molecule has 1 aliphatic heterocycles. The van der Waals surface area contributed by atoms with E-state index >= 15 is 0 Å². The van der Waals surface area contributed by atoms with Gasteiger partial charge in [0.05, 0.1) is 19.2 Å². The van der Waals surface area contributed by atoms with Crippen molar-refractivity contribution < 1.29 is 14.3 Å². The third-order valence-electron chi connectivity index (χ3n) is 5.19. The maximum absolute atomic E-state index is 12.8. The Morgan fingerprint density at radius 2 is 1.67 bits per heavy atom. The Balaban J connectivity index is 1.58. The van der Waals surface area contributed by atoms with Crippen LogP contribution in [0.2, 0.25) is 0 Å². The van der Waals surface area contributed by atoms with Gasteiger partial charge in [-0.15, -0.1) is 0 Å². The van der Waals surface area contributed by atoms with Gasteiger partial charge in [0.2, 0.25) is 0 Å². The lowest BCUT2D eigenvalue weighted by Crippen LogP contribution is -2.50. The molecule has 0 bridgehead atoms. The van der Waals surface area contributed by atoms with E-state index < -0.39 is 0 Å². The van der Waals surface area contributed by atoms with Crippen molar-refractivity contribution in [3.8, 4) is 5.75 Å². The molecule has 1 amide bonds. The predicted molar refractivity (Wildman–Crippen MR) is 106 cm³/mol. The standard InChI is InChI=1S/C22H26N2O3/c1-16-8-9-18(14-17(16)2)20(25)15-23-10-12-24(13-11-23)22(26)19-6-4-5-7-21(19)27-3/h4-9,14H,10-13,15H2,1-3H3. The maximum Gasteiger partial charge on any atom is 0.257 e. The number of benzene rings is 2. The third kappa shape index (κ3) is 4.37. The monoisotopic (exact) mass is 366 g/mol. The summed E-state index contributed by atoms with van der Waals surface area (Å²) in [5.74, 6) is 0.699. The van der Waals surface area contributed by atoms with E-state index in [0.29, 0.717) is 44.0 Å². The van der Waals surface area contributed by atoms with Crippen LogP contribution >= 0.6 is 0 Å². The molecule has 0 atom stereocenters. The highest BCUT2D eigenvalue weighted by molar-refractivity contribution is 5.98. The van der Waals surface area contributed by atoms with E-state index in [9.17, 15) is 9.59 Å². The van der Waals surface area contributed by atoms with E-state index in [0.717, 1.165) is 11.1 Å². The summed E-state index contributed by atoms with van der Waals surface area (Å²) in [7, 11) is 1.57. The summed E-state index contributed by atoms with van der Waals surface area (Å²) < 4.78 is 5.30. The van der Waals surface area contributed by atoms with Crippen molar-refractivity contribution in [2.75, 3.05) is 39.8 Å². The topological polar surface area (TPSA) is 49.9 Å².